The second-order valence-corrected chi connectivity index (χ2v) is 7.48. The highest BCUT2D eigenvalue weighted by Gasteiger charge is 2.14. The standard InChI is InChI=1S/C26H18N6/c1-3-9-19(10-4-1)22-17-31(29-27-22)24-15-7-13-21-14-8-16-25(26(21)24)32-18-23(28-30-32)20-11-5-2-6-12-20/h1-18H. The van der Waals surface area contributed by atoms with Crippen LogP contribution in [0.25, 0.3) is 44.7 Å². The van der Waals surface area contributed by atoms with E-state index in [-0.39, 0.29) is 0 Å². The number of rotatable bonds is 4. The Kier molecular flexibility index (Phi) is 4.32. The van der Waals surface area contributed by atoms with Crippen molar-refractivity contribution in [1.29, 1.82) is 0 Å². The average molecular weight is 414 g/mol. The first kappa shape index (κ1) is 18.2. The maximum absolute atomic E-state index is 4.42. The molecule has 0 atom stereocenters. The van der Waals surface area contributed by atoms with Gasteiger partial charge >= 0.3 is 0 Å². The first-order valence-electron chi connectivity index (χ1n) is 10.3. The number of fused-ring (bicyclic) bond motifs is 1. The van der Waals surface area contributed by atoms with Gasteiger partial charge in [-0.15, -0.1) is 10.2 Å². The Morgan fingerprint density at radius 2 is 0.938 bits per heavy atom. The minimum absolute atomic E-state index is 0.826. The van der Waals surface area contributed by atoms with E-state index in [4.69, 9.17) is 0 Å². The molecule has 152 valence electrons. The molecule has 0 aliphatic rings. The summed E-state index contributed by atoms with van der Waals surface area (Å²) >= 11 is 0. The van der Waals surface area contributed by atoms with Crippen molar-refractivity contribution in [3.05, 3.63) is 109 Å². The monoisotopic (exact) mass is 414 g/mol. The number of hydrogen-bond acceptors (Lipinski definition) is 4. The Hall–Kier alpha value is -4.58. The fourth-order valence-electron chi connectivity index (χ4n) is 3.93. The van der Waals surface area contributed by atoms with Crippen LogP contribution in [-0.2, 0) is 0 Å². The molecule has 0 saturated carbocycles. The summed E-state index contributed by atoms with van der Waals surface area (Å²) in [6.45, 7) is 0. The Bertz CT molecular complexity index is 1400. The van der Waals surface area contributed by atoms with Crippen LogP contribution >= 0.6 is 0 Å². The molecule has 32 heavy (non-hydrogen) atoms. The highest BCUT2D eigenvalue weighted by molar-refractivity contribution is 5.97. The fraction of sp³-hybridized carbons (Fsp3) is 0. The van der Waals surface area contributed by atoms with Crippen LogP contribution in [-0.4, -0.2) is 30.0 Å². The van der Waals surface area contributed by atoms with E-state index in [0.29, 0.717) is 0 Å². The van der Waals surface area contributed by atoms with Crippen LogP contribution < -0.4 is 0 Å². The summed E-state index contributed by atoms with van der Waals surface area (Å²) in [6.07, 6.45) is 3.91. The van der Waals surface area contributed by atoms with Crippen LogP contribution in [0.1, 0.15) is 0 Å². The average Bonchev–Trinajstić information content (AvgIpc) is 3.55. The molecule has 6 nitrogen and oxygen atoms in total. The zero-order valence-electron chi connectivity index (χ0n) is 17.1. The quantitative estimate of drug-likeness (QED) is 0.391. The largest absolute Gasteiger partial charge is 0.219 e. The van der Waals surface area contributed by atoms with Crippen molar-refractivity contribution in [2.75, 3.05) is 0 Å². The van der Waals surface area contributed by atoms with Gasteiger partial charge in [-0.3, -0.25) is 0 Å². The first-order chi connectivity index (χ1) is 15.9. The zero-order valence-corrected chi connectivity index (χ0v) is 17.1. The molecular weight excluding hydrogens is 396 g/mol. The van der Waals surface area contributed by atoms with Crippen molar-refractivity contribution >= 4 is 10.8 Å². The lowest BCUT2D eigenvalue weighted by molar-refractivity contribution is 0.797. The molecule has 0 amide bonds. The lowest BCUT2D eigenvalue weighted by atomic mass is 10.1. The molecule has 0 radical (unpaired) electrons. The van der Waals surface area contributed by atoms with Crippen molar-refractivity contribution in [3.8, 4) is 33.9 Å². The van der Waals surface area contributed by atoms with Gasteiger partial charge in [0, 0.05) is 16.5 Å². The summed E-state index contributed by atoms with van der Waals surface area (Å²) in [5, 5.41) is 19.8. The molecule has 6 aromatic rings. The van der Waals surface area contributed by atoms with Gasteiger partial charge in [0.15, 0.2) is 0 Å². The molecule has 0 N–H and O–H groups in total. The third kappa shape index (κ3) is 3.15. The predicted molar refractivity (Wildman–Crippen MR) is 125 cm³/mol. The summed E-state index contributed by atoms with van der Waals surface area (Å²) in [7, 11) is 0. The second-order valence-electron chi connectivity index (χ2n) is 7.48. The zero-order chi connectivity index (χ0) is 21.3. The lowest BCUT2D eigenvalue weighted by Crippen LogP contribution is -2.01. The molecule has 0 bridgehead atoms. The Morgan fingerprint density at radius 3 is 1.41 bits per heavy atom. The van der Waals surface area contributed by atoms with Crippen molar-refractivity contribution in [3.63, 3.8) is 0 Å². The van der Waals surface area contributed by atoms with Gasteiger partial charge < -0.3 is 0 Å². The van der Waals surface area contributed by atoms with E-state index in [1.165, 1.54) is 0 Å². The molecule has 0 aliphatic carbocycles. The van der Waals surface area contributed by atoms with Gasteiger partial charge in [-0.25, -0.2) is 9.36 Å². The molecule has 0 unspecified atom stereocenters. The molecule has 0 fully saturated rings. The summed E-state index contributed by atoms with van der Waals surface area (Å²) in [5.74, 6) is 0. The van der Waals surface area contributed by atoms with Crippen LogP contribution in [0, 0.1) is 0 Å². The second kappa shape index (κ2) is 7.59. The van der Waals surface area contributed by atoms with Gasteiger partial charge in [0.1, 0.15) is 11.4 Å². The van der Waals surface area contributed by atoms with E-state index in [1.54, 1.807) is 0 Å². The summed E-state index contributed by atoms with van der Waals surface area (Å²) in [6, 6.07) is 32.4. The molecule has 4 aromatic carbocycles. The SMILES string of the molecule is c1ccc(-c2cn(-c3cccc4cccc(-n5cc(-c6ccccc6)nn5)c34)nn2)cc1. The third-order valence-corrected chi connectivity index (χ3v) is 5.48. The van der Waals surface area contributed by atoms with E-state index in [9.17, 15) is 0 Å². The molecule has 0 saturated heterocycles. The number of hydrogen-bond donors (Lipinski definition) is 0. The molecular formula is C26H18N6. The molecule has 2 heterocycles. The minimum Gasteiger partial charge on any atom is -0.219 e. The van der Waals surface area contributed by atoms with Crippen LogP contribution in [0.4, 0.5) is 0 Å². The van der Waals surface area contributed by atoms with E-state index in [0.717, 1.165) is 44.7 Å². The molecule has 0 spiro atoms. The van der Waals surface area contributed by atoms with Crippen molar-refractivity contribution < 1.29 is 0 Å². The highest BCUT2D eigenvalue weighted by Crippen LogP contribution is 2.29. The summed E-state index contributed by atoms with van der Waals surface area (Å²) in [4.78, 5) is 0. The number of aromatic nitrogens is 6. The van der Waals surface area contributed by atoms with Crippen molar-refractivity contribution in [2.24, 2.45) is 0 Å². The Labute approximate surface area is 184 Å². The topological polar surface area (TPSA) is 61.4 Å². The summed E-state index contributed by atoms with van der Waals surface area (Å²) in [5.41, 5.74) is 5.58. The third-order valence-electron chi connectivity index (χ3n) is 5.48. The van der Waals surface area contributed by atoms with Crippen LogP contribution in [0.2, 0.25) is 0 Å². The van der Waals surface area contributed by atoms with Crippen LogP contribution in [0.5, 0.6) is 0 Å². The minimum atomic E-state index is 0.826. The van der Waals surface area contributed by atoms with E-state index < -0.39 is 0 Å². The van der Waals surface area contributed by atoms with Crippen molar-refractivity contribution in [2.45, 2.75) is 0 Å². The highest BCUT2D eigenvalue weighted by atomic mass is 15.4. The van der Waals surface area contributed by atoms with Gasteiger partial charge in [0.05, 0.1) is 23.8 Å². The normalized spacial score (nSPS) is 11.1. The van der Waals surface area contributed by atoms with E-state index in [1.807, 2.05) is 107 Å². The number of benzene rings is 4. The fourth-order valence-corrected chi connectivity index (χ4v) is 3.93. The van der Waals surface area contributed by atoms with Gasteiger partial charge in [0.25, 0.3) is 0 Å². The predicted octanol–water partition coefficient (Wildman–Crippen LogP) is 5.34. The molecule has 2 aromatic heterocycles. The van der Waals surface area contributed by atoms with Crippen LogP contribution in [0.15, 0.2) is 109 Å². The van der Waals surface area contributed by atoms with E-state index >= 15 is 0 Å². The number of nitrogens with zero attached hydrogens (tertiary/aromatic N) is 6. The lowest BCUT2D eigenvalue weighted by Gasteiger charge is -2.11. The summed E-state index contributed by atoms with van der Waals surface area (Å²) < 4.78 is 3.65. The molecule has 0 aliphatic heterocycles. The van der Waals surface area contributed by atoms with Gasteiger partial charge in [-0.05, 0) is 17.5 Å². The maximum Gasteiger partial charge on any atom is 0.113 e. The van der Waals surface area contributed by atoms with E-state index in [2.05, 4.69) is 32.8 Å². The maximum atomic E-state index is 4.42. The molecule has 6 heteroatoms. The molecule has 6 rings (SSSR count). The Balaban J connectivity index is 1.49. The Morgan fingerprint density at radius 1 is 0.469 bits per heavy atom. The van der Waals surface area contributed by atoms with Crippen LogP contribution in [0.3, 0.4) is 0 Å². The van der Waals surface area contributed by atoms with Gasteiger partial charge in [-0.2, -0.15) is 0 Å². The van der Waals surface area contributed by atoms with Gasteiger partial charge in [-0.1, -0.05) is 95.4 Å². The first-order valence-corrected chi connectivity index (χ1v) is 10.3. The smallest absolute Gasteiger partial charge is 0.113 e. The van der Waals surface area contributed by atoms with Crippen molar-refractivity contribution in [1.82, 2.24) is 30.0 Å². The van der Waals surface area contributed by atoms with Gasteiger partial charge in [0.2, 0.25) is 0 Å².